The molecule has 1 saturated heterocycles. The number of carbonyl (C=O) groups excluding carboxylic acids is 2. The Balaban J connectivity index is 1.54. The van der Waals surface area contributed by atoms with Crippen LogP contribution in [0.25, 0.3) is 0 Å². The molecule has 7 heteroatoms. The molecule has 1 aliphatic rings. The highest BCUT2D eigenvalue weighted by Crippen LogP contribution is 2.21. The molecular weight excluding hydrogens is 377 g/mol. The lowest BCUT2D eigenvalue weighted by Gasteiger charge is -2.31. The number of thioether (sulfide) groups is 1. The number of carbonyl (C=O) groups is 2. The summed E-state index contributed by atoms with van der Waals surface area (Å²) in [6, 6.07) is 12.2. The van der Waals surface area contributed by atoms with Gasteiger partial charge in [-0.15, -0.1) is 11.8 Å². The van der Waals surface area contributed by atoms with Crippen molar-refractivity contribution in [1.82, 2.24) is 10.6 Å². The van der Waals surface area contributed by atoms with Gasteiger partial charge in [-0.1, -0.05) is 24.3 Å². The predicted molar refractivity (Wildman–Crippen MR) is 110 cm³/mol. The van der Waals surface area contributed by atoms with Crippen LogP contribution in [-0.2, 0) is 15.3 Å². The lowest BCUT2D eigenvalue weighted by atomic mass is 10.1. The molecule has 0 bridgehead atoms. The molecule has 0 radical (unpaired) electrons. The van der Waals surface area contributed by atoms with E-state index in [9.17, 15) is 14.0 Å². The van der Waals surface area contributed by atoms with Crippen LogP contribution in [0.5, 0.6) is 0 Å². The number of halogens is 1. The standard InChI is InChI=1S/C21H24FN3O2S/c1-13-7-14(2)9-16(8-13)23-19(26)10-17-11-20(27)25-21(24-17)28-12-15-5-3-4-6-18(15)22/h3-9,17,21,24H,10-12H2,1-2H3,(H,23,26)(H,25,27). The monoisotopic (exact) mass is 401 g/mol. The number of rotatable bonds is 6. The molecule has 0 saturated carbocycles. The van der Waals surface area contributed by atoms with Crippen molar-refractivity contribution in [2.75, 3.05) is 5.32 Å². The predicted octanol–water partition coefficient (Wildman–Crippen LogP) is 3.47. The average Bonchev–Trinajstić information content (AvgIpc) is 2.59. The first-order valence-corrected chi connectivity index (χ1v) is 10.2. The van der Waals surface area contributed by atoms with Gasteiger partial charge in [0, 0.05) is 30.3 Å². The van der Waals surface area contributed by atoms with Crippen LogP contribution >= 0.6 is 11.8 Å². The van der Waals surface area contributed by atoms with Crippen LogP contribution in [0, 0.1) is 19.7 Å². The zero-order chi connectivity index (χ0) is 20.1. The van der Waals surface area contributed by atoms with E-state index in [0.717, 1.165) is 16.8 Å². The van der Waals surface area contributed by atoms with E-state index in [1.807, 2.05) is 32.0 Å². The van der Waals surface area contributed by atoms with E-state index in [2.05, 4.69) is 16.0 Å². The number of benzene rings is 2. The van der Waals surface area contributed by atoms with Crippen LogP contribution in [-0.4, -0.2) is 23.4 Å². The number of nitrogens with one attached hydrogen (secondary N) is 3. The van der Waals surface area contributed by atoms with Crippen molar-refractivity contribution in [3.63, 3.8) is 0 Å². The normalized spacial score (nSPS) is 19.2. The molecule has 1 fully saturated rings. The van der Waals surface area contributed by atoms with Gasteiger partial charge in [0.15, 0.2) is 0 Å². The van der Waals surface area contributed by atoms with Crippen LogP contribution in [0.2, 0.25) is 0 Å². The Morgan fingerprint density at radius 3 is 2.64 bits per heavy atom. The van der Waals surface area contributed by atoms with E-state index in [1.165, 1.54) is 17.8 Å². The molecule has 2 aromatic carbocycles. The van der Waals surface area contributed by atoms with Gasteiger partial charge in [0.2, 0.25) is 11.8 Å². The molecule has 5 nitrogen and oxygen atoms in total. The summed E-state index contributed by atoms with van der Waals surface area (Å²) >= 11 is 1.39. The van der Waals surface area contributed by atoms with Crippen molar-refractivity contribution < 1.29 is 14.0 Å². The van der Waals surface area contributed by atoms with Crippen molar-refractivity contribution in [3.8, 4) is 0 Å². The third-order valence-corrected chi connectivity index (χ3v) is 5.48. The molecule has 0 aromatic heterocycles. The number of hydrogen-bond acceptors (Lipinski definition) is 4. The summed E-state index contributed by atoms with van der Waals surface area (Å²) in [5.74, 6) is -0.0999. The van der Waals surface area contributed by atoms with Crippen LogP contribution < -0.4 is 16.0 Å². The Kier molecular flexibility index (Phi) is 6.70. The molecular formula is C21H24FN3O2S. The van der Waals surface area contributed by atoms with E-state index in [-0.39, 0.29) is 42.0 Å². The third kappa shape index (κ3) is 5.81. The molecule has 148 valence electrons. The van der Waals surface area contributed by atoms with Gasteiger partial charge in [0.25, 0.3) is 0 Å². The van der Waals surface area contributed by atoms with Gasteiger partial charge in [-0.2, -0.15) is 0 Å². The van der Waals surface area contributed by atoms with E-state index < -0.39 is 0 Å². The third-order valence-electron chi connectivity index (χ3n) is 4.41. The highest BCUT2D eigenvalue weighted by Gasteiger charge is 2.27. The summed E-state index contributed by atoms with van der Waals surface area (Å²) in [5.41, 5.74) is 3.14. The lowest BCUT2D eigenvalue weighted by Crippen LogP contribution is -2.55. The molecule has 0 aliphatic carbocycles. The maximum absolute atomic E-state index is 13.8. The molecule has 3 N–H and O–H groups in total. The van der Waals surface area contributed by atoms with E-state index in [0.29, 0.717) is 11.3 Å². The Labute approximate surface area is 168 Å². The molecule has 2 aromatic rings. The quantitative estimate of drug-likeness (QED) is 0.693. The fraction of sp³-hybridized carbons (Fsp3) is 0.333. The van der Waals surface area contributed by atoms with E-state index in [1.54, 1.807) is 18.2 Å². The number of aryl methyl sites for hydroxylation is 2. The maximum atomic E-state index is 13.8. The number of anilines is 1. The largest absolute Gasteiger partial charge is 0.332 e. The summed E-state index contributed by atoms with van der Waals surface area (Å²) in [7, 11) is 0. The summed E-state index contributed by atoms with van der Waals surface area (Å²) in [6.45, 7) is 3.96. The van der Waals surface area contributed by atoms with Crippen LogP contribution in [0.3, 0.4) is 0 Å². The van der Waals surface area contributed by atoms with Crippen molar-refractivity contribution in [2.45, 2.75) is 44.0 Å². The molecule has 28 heavy (non-hydrogen) atoms. The van der Waals surface area contributed by atoms with Gasteiger partial charge in [0.1, 0.15) is 11.3 Å². The Morgan fingerprint density at radius 2 is 1.93 bits per heavy atom. The smallest absolute Gasteiger partial charge is 0.225 e. The second kappa shape index (κ2) is 9.21. The van der Waals surface area contributed by atoms with Crippen LogP contribution in [0.15, 0.2) is 42.5 Å². The summed E-state index contributed by atoms with van der Waals surface area (Å²) < 4.78 is 13.8. The van der Waals surface area contributed by atoms with Crippen LogP contribution in [0.4, 0.5) is 10.1 Å². The fourth-order valence-corrected chi connectivity index (χ4v) is 4.32. The van der Waals surface area contributed by atoms with Gasteiger partial charge in [0.05, 0.1) is 0 Å². The molecule has 1 heterocycles. The van der Waals surface area contributed by atoms with Crippen molar-refractivity contribution in [2.24, 2.45) is 0 Å². The van der Waals surface area contributed by atoms with E-state index in [4.69, 9.17) is 0 Å². The summed E-state index contributed by atoms with van der Waals surface area (Å²) in [4.78, 5) is 24.4. The highest BCUT2D eigenvalue weighted by atomic mass is 32.2. The zero-order valence-corrected chi connectivity index (χ0v) is 16.7. The Bertz CT molecular complexity index is 854. The van der Waals surface area contributed by atoms with Gasteiger partial charge in [-0.25, -0.2) is 4.39 Å². The Hall–Kier alpha value is -2.38. The minimum absolute atomic E-state index is 0.117. The second-order valence-electron chi connectivity index (χ2n) is 7.05. The molecule has 2 amide bonds. The first-order chi connectivity index (χ1) is 13.4. The summed E-state index contributed by atoms with van der Waals surface area (Å²) in [6.07, 6.45) is 0.425. The highest BCUT2D eigenvalue weighted by molar-refractivity contribution is 7.99. The average molecular weight is 402 g/mol. The topological polar surface area (TPSA) is 70.2 Å². The van der Waals surface area contributed by atoms with Crippen molar-refractivity contribution in [3.05, 3.63) is 65.0 Å². The molecule has 2 atom stereocenters. The number of amides is 2. The Morgan fingerprint density at radius 1 is 1.21 bits per heavy atom. The van der Waals surface area contributed by atoms with Crippen molar-refractivity contribution in [1.29, 1.82) is 0 Å². The molecule has 1 aliphatic heterocycles. The van der Waals surface area contributed by atoms with Crippen LogP contribution in [0.1, 0.15) is 29.5 Å². The van der Waals surface area contributed by atoms with Gasteiger partial charge in [-0.05, 0) is 48.7 Å². The lowest BCUT2D eigenvalue weighted by molar-refractivity contribution is -0.124. The molecule has 2 unspecified atom stereocenters. The van der Waals surface area contributed by atoms with Gasteiger partial charge < -0.3 is 10.6 Å². The first kappa shape index (κ1) is 20.4. The fourth-order valence-electron chi connectivity index (χ4n) is 3.24. The first-order valence-electron chi connectivity index (χ1n) is 9.17. The molecule has 0 spiro atoms. The van der Waals surface area contributed by atoms with Crippen molar-refractivity contribution >= 4 is 29.3 Å². The SMILES string of the molecule is Cc1cc(C)cc(NC(=O)CC2CC(=O)NC(SCc3ccccc3F)N2)c1. The minimum Gasteiger partial charge on any atom is -0.332 e. The van der Waals surface area contributed by atoms with Gasteiger partial charge in [-0.3, -0.25) is 14.9 Å². The second-order valence-corrected chi connectivity index (χ2v) is 8.14. The minimum atomic E-state index is -0.361. The van der Waals surface area contributed by atoms with Gasteiger partial charge >= 0.3 is 0 Å². The molecule has 3 rings (SSSR count). The summed E-state index contributed by atoms with van der Waals surface area (Å²) in [5, 5.41) is 8.99. The maximum Gasteiger partial charge on any atom is 0.225 e. The number of hydrogen-bond donors (Lipinski definition) is 3. The zero-order valence-electron chi connectivity index (χ0n) is 15.9. The van der Waals surface area contributed by atoms with E-state index >= 15 is 0 Å².